The van der Waals surface area contributed by atoms with E-state index in [1.54, 1.807) is 12.3 Å². The Bertz CT molecular complexity index is 832. The van der Waals surface area contributed by atoms with Gasteiger partial charge in [0.15, 0.2) is 5.13 Å². The molecule has 0 spiro atoms. The van der Waals surface area contributed by atoms with E-state index in [-0.39, 0.29) is 17.5 Å². The smallest absolute Gasteiger partial charge is 0.256 e. The van der Waals surface area contributed by atoms with Crippen molar-refractivity contribution in [2.45, 2.75) is 32.2 Å². The Morgan fingerprint density at radius 3 is 3.00 bits per heavy atom. The number of aromatic nitrogens is 2. The fourth-order valence-electron chi connectivity index (χ4n) is 3.89. The fraction of sp³-hybridized carbons (Fsp3) is 0.500. The SMILES string of the molecule is Cc1csc(-n2cc(C(=O)NC3CC4CCCN(C4)C3)ccc2=O)n1. The Kier molecular flexibility index (Phi) is 4.43. The third kappa shape index (κ3) is 3.52. The average molecular weight is 358 g/mol. The molecule has 132 valence electrons. The normalized spacial score (nSPS) is 25.6. The minimum absolute atomic E-state index is 0.117. The van der Waals surface area contributed by atoms with Crippen LogP contribution in [0.3, 0.4) is 0 Å². The molecule has 3 atom stereocenters. The molecule has 2 aliphatic heterocycles. The molecule has 6 nitrogen and oxygen atoms in total. The van der Waals surface area contributed by atoms with Crippen LogP contribution in [-0.2, 0) is 0 Å². The van der Waals surface area contributed by atoms with E-state index < -0.39 is 0 Å². The maximum atomic E-state index is 12.7. The highest BCUT2D eigenvalue weighted by atomic mass is 32.1. The topological polar surface area (TPSA) is 67.2 Å². The van der Waals surface area contributed by atoms with Gasteiger partial charge in [0.25, 0.3) is 11.5 Å². The van der Waals surface area contributed by atoms with E-state index in [1.165, 1.54) is 41.4 Å². The van der Waals surface area contributed by atoms with Gasteiger partial charge in [0, 0.05) is 36.8 Å². The highest BCUT2D eigenvalue weighted by Crippen LogP contribution is 2.26. The van der Waals surface area contributed by atoms with Crippen molar-refractivity contribution in [1.82, 2.24) is 19.8 Å². The van der Waals surface area contributed by atoms with Gasteiger partial charge < -0.3 is 10.2 Å². The number of pyridine rings is 1. The van der Waals surface area contributed by atoms with Crippen LogP contribution in [-0.4, -0.2) is 46.0 Å². The Balaban J connectivity index is 1.51. The standard InChI is InChI=1S/C18H22N4O2S/c1-12-11-25-18(19-12)22-9-14(4-5-16(22)23)17(24)20-15-7-13-3-2-6-21(8-13)10-15/h4-5,9,11,13,15H,2-3,6-8,10H2,1H3,(H,20,24). The van der Waals surface area contributed by atoms with Crippen molar-refractivity contribution in [3.63, 3.8) is 0 Å². The Morgan fingerprint density at radius 1 is 1.36 bits per heavy atom. The molecule has 0 radical (unpaired) electrons. The lowest BCUT2D eigenvalue weighted by atomic mass is 9.87. The van der Waals surface area contributed by atoms with Gasteiger partial charge in [-0.2, -0.15) is 0 Å². The van der Waals surface area contributed by atoms with Gasteiger partial charge in [0.2, 0.25) is 0 Å². The number of carbonyl (C=O) groups excluding carboxylic acids is 1. The molecule has 2 aromatic heterocycles. The van der Waals surface area contributed by atoms with Gasteiger partial charge in [-0.15, -0.1) is 11.3 Å². The maximum absolute atomic E-state index is 12.7. The molecule has 2 bridgehead atoms. The highest BCUT2D eigenvalue weighted by Gasteiger charge is 2.31. The van der Waals surface area contributed by atoms with Crippen molar-refractivity contribution in [1.29, 1.82) is 0 Å². The molecule has 2 aliphatic rings. The lowest BCUT2D eigenvalue weighted by Crippen LogP contribution is -2.53. The summed E-state index contributed by atoms with van der Waals surface area (Å²) in [5.74, 6) is 0.577. The largest absolute Gasteiger partial charge is 0.348 e. The van der Waals surface area contributed by atoms with Gasteiger partial charge in [-0.1, -0.05) is 0 Å². The molecule has 2 aromatic rings. The first-order valence-corrected chi connectivity index (χ1v) is 9.65. The summed E-state index contributed by atoms with van der Waals surface area (Å²) in [6.45, 7) is 5.11. The second kappa shape index (κ2) is 6.72. The predicted molar refractivity (Wildman–Crippen MR) is 97.5 cm³/mol. The lowest BCUT2D eigenvalue weighted by Gasteiger charge is -2.41. The van der Waals surface area contributed by atoms with Crippen molar-refractivity contribution < 1.29 is 4.79 Å². The lowest BCUT2D eigenvalue weighted by molar-refractivity contribution is 0.0776. The number of aryl methyl sites for hydroxylation is 1. The third-order valence-electron chi connectivity index (χ3n) is 5.02. The van der Waals surface area contributed by atoms with Gasteiger partial charge in [0.05, 0.1) is 11.3 Å². The van der Waals surface area contributed by atoms with Crippen LogP contribution in [0.2, 0.25) is 0 Å². The van der Waals surface area contributed by atoms with Gasteiger partial charge in [-0.3, -0.25) is 14.2 Å². The molecule has 4 heterocycles. The summed E-state index contributed by atoms with van der Waals surface area (Å²) in [5, 5.41) is 5.64. The molecule has 0 saturated carbocycles. The summed E-state index contributed by atoms with van der Waals surface area (Å²) < 4.78 is 1.45. The Hall–Kier alpha value is -1.99. The van der Waals surface area contributed by atoms with Crippen LogP contribution in [0, 0.1) is 12.8 Å². The van der Waals surface area contributed by atoms with E-state index in [4.69, 9.17) is 0 Å². The first kappa shape index (κ1) is 16.5. The Morgan fingerprint density at radius 2 is 2.24 bits per heavy atom. The van der Waals surface area contributed by atoms with E-state index in [9.17, 15) is 9.59 Å². The van der Waals surface area contributed by atoms with Crippen LogP contribution in [0.1, 0.15) is 35.3 Å². The summed E-state index contributed by atoms with van der Waals surface area (Å²) in [7, 11) is 0. The molecule has 1 amide bonds. The van der Waals surface area contributed by atoms with E-state index in [2.05, 4.69) is 15.2 Å². The zero-order valence-electron chi connectivity index (χ0n) is 14.3. The van der Waals surface area contributed by atoms with Crippen molar-refractivity contribution in [3.05, 3.63) is 45.3 Å². The van der Waals surface area contributed by atoms with Crippen LogP contribution in [0.15, 0.2) is 28.5 Å². The van der Waals surface area contributed by atoms with Gasteiger partial charge in [0.1, 0.15) is 0 Å². The first-order chi connectivity index (χ1) is 12.1. The average Bonchev–Trinajstić information content (AvgIpc) is 3.01. The summed E-state index contributed by atoms with van der Waals surface area (Å²) in [6, 6.07) is 3.22. The van der Waals surface area contributed by atoms with Gasteiger partial charge in [-0.05, 0) is 44.7 Å². The monoisotopic (exact) mass is 358 g/mol. The summed E-state index contributed by atoms with van der Waals surface area (Å²) in [6.07, 6.45) is 5.17. The number of nitrogens with one attached hydrogen (secondary N) is 1. The quantitative estimate of drug-likeness (QED) is 0.909. The molecule has 2 saturated heterocycles. The number of carbonyl (C=O) groups is 1. The van der Waals surface area contributed by atoms with Crippen LogP contribution in [0.4, 0.5) is 0 Å². The third-order valence-corrected chi connectivity index (χ3v) is 5.98. The van der Waals surface area contributed by atoms with Gasteiger partial charge >= 0.3 is 0 Å². The minimum Gasteiger partial charge on any atom is -0.348 e. The van der Waals surface area contributed by atoms with Crippen molar-refractivity contribution in [3.8, 4) is 5.13 Å². The molecule has 3 unspecified atom stereocenters. The summed E-state index contributed by atoms with van der Waals surface area (Å²) in [5.41, 5.74) is 1.19. The Labute approximate surface area is 150 Å². The number of thiazole rings is 1. The van der Waals surface area contributed by atoms with E-state index >= 15 is 0 Å². The molecule has 25 heavy (non-hydrogen) atoms. The second-order valence-electron chi connectivity index (χ2n) is 7.07. The molecular weight excluding hydrogens is 336 g/mol. The summed E-state index contributed by atoms with van der Waals surface area (Å²) in [4.78, 5) is 31.6. The number of fused-ring (bicyclic) bond motifs is 2. The molecule has 0 aromatic carbocycles. The van der Waals surface area contributed by atoms with Crippen LogP contribution in [0.5, 0.6) is 0 Å². The number of hydrogen-bond donors (Lipinski definition) is 1. The van der Waals surface area contributed by atoms with Crippen LogP contribution >= 0.6 is 11.3 Å². The highest BCUT2D eigenvalue weighted by molar-refractivity contribution is 7.12. The molecule has 4 rings (SSSR count). The zero-order chi connectivity index (χ0) is 17.4. The molecular formula is C18H22N4O2S. The molecule has 1 N–H and O–H groups in total. The van der Waals surface area contributed by atoms with E-state index in [0.717, 1.165) is 25.2 Å². The van der Waals surface area contributed by atoms with Gasteiger partial charge in [-0.25, -0.2) is 4.98 Å². The van der Waals surface area contributed by atoms with Crippen molar-refractivity contribution in [2.24, 2.45) is 5.92 Å². The van der Waals surface area contributed by atoms with Crippen LogP contribution < -0.4 is 10.9 Å². The minimum atomic E-state index is -0.177. The number of nitrogens with zero attached hydrogens (tertiary/aromatic N) is 3. The van der Waals surface area contributed by atoms with Crippen LogP contribution in [0.25, 0.3) is 5.13 Å². The first-order valence-electron chi connectivity index (χ1n) is 8.77. The number of rotatable bonds is 3. The maximum Gasteiger partial charge on any atom is 0.256 e. The van der Waals surface area contributed by atoms with Crippen molar-refractivity contribution >= 4 is 17.2 Å². The zero-order valence-corrected chi connectivity index (χ0v) is 15.1. The fourth-order valence-corrected chi connectivity index (χ4v) is 4.68. The molecule has 7 heteroatoms. The number of amides is 1. The molecule has 0 aliphatic carbocycles. The number of hydrogen-bond acceptors (Lipinski definition) is 5. The second-order valence-corrected chi connectivity index (χ2v) is 7.91. The van der Waals surface area contributed by atoms with E-state index in [1.807, 2.05) is 12.3 Å². The molecule has 2 fully saturated rings. The summed E-state index contributed by atoms with van der Waals surface area (Å²) >= 11 is 1.40. The predicted octanol–water partition coefficient (Wildman–Crippen LogP) is 1.82. The number of piperidine rings is 2. The van der Waals surface area contributed by atoms with E-state index in [0.29, 0.717) is 16.6 Å². The van der Waals surface area contributed by atoms with Crippen molar-refractivity contribution in [2.75, 3.05) is 19.6 Å².